The molecule has 1 aromatic rings. The zero-order chi connectivity index (χ0) is 16.7. The van der Waals surface area contributed by atoms with Crippen molar-refractivity contribution in [3.05, 3.63) is 35.8 Å². The molecule has 2 bridgehead atoms. The van der Waals surface area contributed by atoms with E-state index in [1.54, 1.807) is 12.5 Å². The molecule has 7 atom stereocenters. The molecule has 4 heteroatoms. The van der Waals surface area contributed by atoms with Crippen molar-refractivity contribution < 1.29 is 18.7 Å². The summed E-state index contributed by atoms with van der Waals surface area (Å²) in [5.41, 5.74) is 1.92. The van der Waals surface area contributed by atoms with E-state index in [0.29, 0.717) is 11.8 Å². The van der Waals surface area contributed by atoms with Gasteiger partial charge in [-0.25, -0.2) is 4.79 Å². The van der Waals surface area contributed by atoms with Crippen LogP contribution in [0.25, 0.3) is 0 Å². The van der Waals surface area contributed by atoms with Gasteiger partial charge in [0.1, 0.15) is 6.10 Å². The second kappa shape index (κ2) is 4.54. The highest BCUT2D eigenvalue weighted by atomic mass is 16.6. The van der Waals surface area contributed by atoms with Gasteiger partial charge in [0.2, 0.25) is 0 Å². The van der Waals surface area contributed by atoms with E-state index in [-0.39, 0.29) is 35.1 Å². The summed E-state index contributed by atoms with van der Waals surface area (Å²) in [4.78, 5) is 12.5. The summed E-state index contributed by atoms with van der Waals surface area (Å²) in [6, 6.07) is 1.99. The number of carbonyl (C=O) groups is 1. The average Bonchev–Trinajstić information content (AvgIpc) is 3.16. The Morgan fingerprint density at radius 3 is 2.88 bits per heavy atom. The maximum absolute atomic E-state index is 12.5. The second-order valence-corrected chi connectivity index (χ2v) is 8.50. The molecule has 2 aliphatic heterocycles. The third kappa shape index (κ3) is 1.56. The topological polar surface area (TPSA) is 48.7 Å². The van der Waals surface area contributed by atoms with Crippen LogP contribution < -0.4 is 0 Å². The first-order valence-corrected chi connectivity index (χ1v) is 9.05. The van der Waals surface area contributed by atoms with Gasteiger partial charge in [-0.3, -0.25) is 0 Å². The molecule has 0 amide bonds. The van der Waals surface area contributed by atoms with Crippen LogP contribution in [0.5, 0.6) is 0 Å². The molecule has 0 spiro atoms. The number of esters is 1. The maximum Gasteiger partial charge on any atom is 0.334 e. The Kier molecular flexibility index (Phi) is 2.79. The molecule has 0 aromatic carbocycles. The van der Waals surface area contributed by atoms with Gasteiger partial charge in [0.25, 0.3) is 0 Å². The van der Waals surface area contributed by atoms with Gasteiger partial charge in [-0.15, -0.1) is 0 Å². The largest absolute Gasteiger partial charge is 0.472 e. The lowest BCUT2D eigenvalue weighted by molar-refractivity contribution is -0.256. The Morgan fingerprint density at radius 2 is 2.12 bits per heavy atom. The molecule has 5 rings (SSSR count). The number of allylic oxidation sites excluding steroid dienone is 1. The highest BCUT2D eigenvalue weighted by molar-refractivity contribution is 5.93. The predicted molar refractivity (Wildman–Crippen MR) is 87.0 cm³/mol. The van der Waals surface area contributed by atoms with Crippen molar-refractivity contribution in [1.82, 2.24) is 0 Å². The highest BCUT2D eigenvalue weighted by Crippen LogP contribution is 2.68. The van der Waals surface area contributed by atoms with Crippen molar-refractivity contribution in [2.45, 2.75) is 58.3 Å². The van der Waals surface area contributed by atoms with Gasteiger partial charge in [0, 0.05) is 16.6 Å². The van der Waals surface area contributed by atoms with Gasteiger partial charge in [-0.05, 0) is 42.6 Å². The van der Waals surface area contributed by atoms with Crippen molar-refractivity contribution in [1.29, 1.82) is 0 Å². The van der Waals surface area contributed by atoms with Gasteiger partial charge in [-0.1, -0.05) is 26.8 Å². The molecule has 3 fully saturated rings. The number of fused-ring (bicyclic) bond motifs is 4. The second-order valence-electron chi connectivity index (χ2n) is 8.50. The molecular weight excluding hydrogens is 304 g/mol. The Hall–Kier alpha value is -1.55. The van der Waals surface area contributed by atoms with Crippen molar-refractivity contribution in [2.75, 3.05) is 0 Å². The summed E-state index contributed by atoms with van der Waals surface area (Å²) in [6.45, 7) is 6.91. The van der Waals surface area contributed by atoms with Gasteiger partial charge < -0.3 is 13.9 Å². The van der Waals surface area contributed by atoms with Crippen LogP contribution in [0.1, 0.15) is 51.7 Å². The van der Waals surface area contributed by atoms with E-state index < -0.39 is 0 Å². The number of hydrogen-bond acceptors (Lipinski definition) is 4. The van der Waals surface area contributed by atoms with Gasteiger partial charge in [0.15, 0.2) is 0 Å². The zero-order valence-corrected chi connectivity index (χ0v) is 14.5. The van der Waals surface area contributed by atoms with Crippen LogP contribution >= 0.6 is 0 Å². The fraction of sp³-hybridized carbons (Fsp3) is 0.650. The van der Waals surface area contributed by atoms with E-state index in [0.717, 1.165) is 30.4 Å². The molecule has 1 saturated carbocycles. The minimum atomic E-state index is -0.206. The summed E-state index contributed by atoms with van der Waals surface area (Å²) in [5.74, 6) is 0.694. The average molecular weight is 328 g/mol. The smallest absolute Gasteiger partial charge is 0.334 e. The molecular formula is C20H24O4. The number of rotatable bonds is 1. The van der Waals surface area contributed by atoms with E-state index in [1.807, 2.05) is 6.07 Å². The van der Waals surface area contributed by atoms with Crippen molar-refractivity contribution in [3.63, 3.8) is 0 Å². The summed E-state index contributed by atoms with van der Waals surface area (Å²) in [5, 5.41) is 0. The Morgan fingerprint density at radius 1 is 1.29 bits per heavy atom. The molecule has 3 heterocycles. The predicted octanol–water partition coefficient (Wildman–Crippen LogP) is 4.03. The molecule has 0 N–H and O–H groups in total. The monoisotopic (exact) mass is 328 g/mol. The van der Waals surface area contributed by atoms with Crippen LogP contribution in [0.2, 0.25) is 0 Å². The molecule has 128 valence electrons. The fourth-order valence-corrected chi connectivity index (χ4v) is 6.24. The molecule has 2 aliphatic carbocycles. The molecule has 2 saturated heterocycles. The number of carbonyl (C=O) groups excluding carboxylic acids is 1. The SMILES string of the molecule is C[C@H]1[C@H]2O[C@@H](c3ccoc3)C[C@]1(C)[C@H]1CCC=C3C(=O)O[C@H]2[C@@]31C. The Bertz CT molecular complexity index is 720. The minimum Gasteiger partial charge on any atom is -0.472 e. The van der Waals surface area contributed by atoms with Crippen molar-refractivity contribution >= 4 is 5.97 Å². The van der Waals surface area contributed by atoms with Crippen molar-refractivity contribution in [3.8, 4) is 0 Å². The van der Waals surface area contributed by atoms with E-state index in [1.165, 1.54) is 0 Å². The highest BCUT2D eigenvalue weighted by Gasteiger charge is 2.70. The Labute approximate surface area is 142 Å². The van der Waals surface area contributed by atoms with Gasteiger partial charge >= 0.3 is 5.97 Å². The van der Waals surface area contributed by atoms with E-state index in [2.05, 4.69) is 26.8 Å². The van der Waals surface area contributed by atoms with Crippen LogP contribution in [-0.2, 0) is 14.3 Å². The van der Waals surface area contributed by atoms with Crippen LogP contribution in [0.3, 0.4) is 0 Å². The first-order chi connectivity index (χ1) is 11.5. The molecule has 24 heavy (non-hydrogen) atoms. The number of ether oxygens (including phenoxy) is 2. The lowest BCUT2D eigenvalue weighted by atomic mass is 9.44. The summed E-state index contributed by atoms with van der Waals surface area (Å²) < 4.78 is 17.7. The molecule has 0 unspecified atom stereocenters. The zero-order valence-electron chi connectivity index (χ0n) is 14.5. The van der Waals surface area contributed by atoms with Crippen LogP contribution in [0.15, 0.2) is 34.7 Å². The first-order valence-electron chi connectivity index (χ1n) is 9.05. The molecule has 4 aliphatic rings. The lowest BCUT2D eigenvalue weighted by Crippen LogP contribution is -2.64. The van der Waals surface area contributed by atoms with Crippen LogP contribution in [-0.4, -0.2) is 18.2 Å². The number of furan rings is 1. The lowest BCUT2D eigenvalue weighted by Gasteiger charge is -2.63. The summed E-state index contributed by atoms with van der Waals surface area (Å²) in [6.07, 6.45) is 8.47. The number of hydrogen-bond donors (Lipinski definition) is 0. The third-order valence-electron chi connectivity index (χ3n) is 7.64. The van der Waals surface area contributed by atoms with Gasteiger partial charge in [-0.2, -0.15) is 0 Å². The molecule has 1 aromatic heterocycles. The van der Waals surface area contributed by atoms with Crippen molar-refractivity contribution in [2.24, 2.45) is 22.7 Å². The third-order valence-corrected chi connectivity index (χ3v) is 7.64. The normalized spacial score (nSPS) is 49.4. The minimum absolute atomic E-state index is 0.0214. The van der Waals surface area contributed by atoms with Crippen LogP contribution in [0, 0.1) is 22.7 Å². The first kappa shape index (κ1) is 14.8. The van der Waals surface area contributed by atoms with E-state index in [4.69, 9.17) is 13.9 Å². The fourth-order valence-electron chi connectivity index (χ4n) is 6.24. The van der Waals surface area contributed by atoms with Gasteiger partial charge in [0.05, 0.1) is 24.7 Å². The maximum atomic E-state index is 12.5. The Balaban J connectivity index is 1.64. The van der Waals surface area contributed by atoms with E-state index >= 15 is 0 Å². The summed E-state index contributed by atoms with van der Waals surface area (Å²) in [7, 11) is 0. The van der Waals surface area contributed by atoms with Crippen LogP contribution in [0.4, 0.5) is 0 Å². The molecule has 0 radical (unpaired) electrons. The standard InChI is InChI=1S/C20H24O4/c1-11-16-17-20(3)13(18(21)24-17)5-4-6-15(20)19(11,2)9-14(23-16)12-7-8-22-10-12/h5,7-8,10-11,14-17H,4,6,9H2,1-3H3/t11-,14+,15+,16+,17+,19-,20-/m0/s1. The van der Waals surface area contributed by atoms with E-state index in [9.17, 15) is 4.79 Å². The quantitative estimate of drug-likeness (QED) is 0.730. The molecule has 4 nitrogen and oxygen atoms in total. The summed E-state index contributed by atoms with van der Waals surface area (Å²) >= 11 is 0.